The molecule has 1 aromatic carbocycles. The van der Waals surface area contributed by atoms with Crippen LogP contribution in [0.5, 0.6) is 0 Å². The van der Waals surface area contributed by atoms with Gasteiger partial charge in [-0.25, -0.2) is 5.43 Å². The highest BCUT2D eigenvalue weighted by Gasteiger charge is 2.41. The first-order valence-corrected chi connectivity index (χ1v) is 9.37. The highest BCUT2D eigenvalue weighted by molar-refractivity contribution is 5.85. The molecule has 0 bridgehead atoms. The molecule has 0 radical (unpaired) electrons. The molecule has 0 heterocycles. The van der Waals surface area contributed by atoms with Crippen molar-refractivity contribution in [1.82, 2.24) is 5.43 Å². The minimum absolute atomic E-state index is 0.0764. The van der Waals surface area contributed by atoms with E-state index >= 15 is 0 Å². The number of rotatable bonds is 10. The number of carbonyl (C=O) groups excluding carboxylic acids is 1. The zero-order valence-electron chi connectivity index (χ0n) is 15.3. The van der Waals surface area contributed by atoms with Crippen molar-refractivity contribution >= 4 is 17.8 Å². The van der Waals surface area contributed by atoms with Gasteiger partial charge in [0.15, 0.2) is 0 Å². The third-order valence-electron chi connectivity index (χ3n) is 4.85. The molecule has 1 amide bonds. The average Bonchev–Trinajstić information content (AvgIpc) is 3.37. The molecule has 4 heteroatoms. The minimum atomic E-state index is 0.0764. The summed E-state index contributed by atoms with van der Waals surface area (Å²) in [6.07, 6.45) is 7.69. The largest absolute Gasteiger partial charge is 0.372 e. The molecule has 24 heavy (non-hydrogen) atoms. The van der Waals surface area contributed by atoms with E-state index in [-0.39, 0.29) is 11.8 Å². The Hall–Kier alpha value is -1.84. The Labute approximate surface area is 146 Å². The van der Waals surface area contributed by atoms with E-state index in [4.69, 9.17) is 0 Å². The van der Waals surface area contributed by atoms with Gasteiger partial charge in [0, 0.05) is 24.7 Å². The van der Waals surface area contributed by atoms with E-state index in [1.807, 2.05) is 12.1 Å². The Morgan fingerprint density at radius 2 is 1.92 bits per heavy atom. The first-order valence-electron chi connectivity index (χ1n) is 9.37. The molecule has 4 nitrogen and oxygen atoms in total. The number of hydrazone groups is 1. The van der Waals surface area contributed by atoms with Crippen LogP contribution in [0.3, 0.4) is 0 Å². The number of hydrogen-bond donors (Lipinski definition) is 1. The van der Waals surface area contributed by atoms with E-state index < -0.39 is 0 Å². The van der Waals surface area contributed by atoms with Gasteiger partial charge in [-0.15, -0.1) is 0 Å². The zero-order valence-corrected chi connectivity index (χ0v) is 15.3. The SMILES string of the molecule is CCCCC[C@H]1C[C@H]1C(=O)NN=Cc1ccc(N(CC)CC)cc1. The van der Waals surface area contributed by atoms with Gasteiger partial charge >= 0.3 is 0 Å². The molecule has 1 aliphatic carbocycles. The van der Waals surface area contributed by atoms with Crippen LogP contribution >= 0.6 is 0 Å². The van der Waals surface area contributed by atoms with Crippen molar-refractivity contribution in [3.8, 4) is 0 Å². The maximum absolute atomic E-state index is 12.0. The molecule has 132 valence electrons. The van der Waals surface area contributed by atoms with Gasteiger partial charge in [-0.05, 0) is 50.3 Å². The predicted molar refractivity (Wildman–Crippen MR) is 101 cm³/mol. The van der Waals surface area contributed by atoms with Gasteiger partial charge in [-0.2, -0.15) is 5.10 Å². The van der Waals surface area contributed by atoms with Crippen LogP contribution in [-0.4, -0.2) is 25.2 Å². The van der Waals surface area contributed by atoms with Crippen LogP contribution in [0.15, 0.2) is 29.4 Å². The molecule has 0 unspecified atom stereocenters. The van der Waals surface area contributed by atoms with Gasteiger partial charge < -0.3 is 4.90 Å². The Morgan fingerprint density at radius 1 is 1.21 bits per heavy atom. The Balaban J connectivity index is 1.75. The van der Waals surface area contributed by atoms with Crippen LogP contribution in [0.4, 0.5) is 5.69 Å². The van der Waals surface area contributed by atoms with E-state index in [9.17, 15) is 4.79 Å². The van der Waals surface area contributed by atoms with E-state index in [0.29, 0.717) is 5.92 Å². The highest BCUT2D eigenvalue weighted by Crippen LogP contribution is 2.42. The van der Waals surface area contributed by atoms with Gasteiger partial charge in [0.25, 0.3) is 0 Å². The van der Waals surface area contributed by atoms with Crippen molar-refractivity contribution in [1.29, 1.82) is 0 Å². The van der Waals surface area contributed by atoms with Gasteiger partial charge in [0.2, 0.25) is 5.91 Å². The van der Waals surface area contributed by atoms with Crippen LogP contribution in [0.2, 0.25) is 0 Å². The lowest BCUT2D eigenvalue weighted by Gasteiger charge is -2.20. The molecular formula is C20H31N3O. The summed E-state index contributed by atoms with van der Waals surface area (Å²) in [5.41, 5.74) is 4.91. The lowest BCUT2D eigenvalue weighted by atomic mass is 10.1. The van der Waals surface area contributed by atoms with E-state index in [1.54, 1.807) is 6.21 Å². The van der Waals surface area contributed by atoms with Gasteiger partial charge in [-0.1, -0.05) is 38.3 Å². The Kier molecular flexibility index (Phi) is 7.29. The van der Waals surface area contributed by atoms with Crippen molar-refractivity contribution in [3.05, 3.63) is 29.8 Å². The second-order valence-electron chi connectivity index (χ2n) is 6.60. The van der Waals surface area contributed by atoms with Gasteiger partial charge in [-0.3, -0.25) is 4.79 Å². The number of nitrogens with one attached hydrogen (secondary N) is 1. The third-order valence-corrected chi connectivity index (χ3v) is 4.85. The van der Waals surface area contributed by atoms with Crippen LogP contribution in [0.1, 0.15) is 58.4 Å². The van der Waals surface area contributed by atoms with Crippen LogP contribution in [0.25, 0.3) is 0 Å². The fraction of sp³-hybridized carbons (Fsp3) is 0.600. The second-order valence-corrected chi connectivity index (χ2v) is 6.60. The molecule has 0 spiro atoms. The fourth-order valence-corrected chi connectivity index (χ4v) is 3.16. The number of amides is 1. The lowest BCUT2D eigenvalue weighted by Crippen LogP contribution is -2.21. The Morgan fingerprint density at radius 3 is 2.54 bits per heavy atom. The summed E-state index contributed by atoms with van der Waals surface area (Å²) in [6, 6.07) is 8.27. The van der Waals surface area contributed by atoms with Gasteiger partial charge in [0.05, 0.1) is 6.21 Å². The summed E-state index contributed by atoms with van der Waals surface area (Å²) in [5.74, 6) is 0.844. The van der Waals surface area contributed by atoms with Crippen molar-refractivity contribution in [2.24, 2.45) is 16.9 Å². The number of benzene rings is 1. The molecule has 1 saturated carbocycles. The van der Waals surface area contributed by atoms with Crippen molar-refractivity contribution in [2.75, 3.05) is 18.0 Å². The van der Waals surface area contributed by atoms with Crippen LogP contribution in [0, 0.1) is 11.8 Å². The summed E-state index contributed by atoms with van der Waals surface area (Å²) in [4.78, 5) is 14.3. The number of anilines is 1. The topological polar surface area (TPSA) is 44.7 Å². The van der Waals surface area contributed by atoms with Crippen LogP contribution < -0.4 is 10.3 Å². The number of carbonyl (C=O) groups is 1. The molecule has 0 aliphatic heterocycles. The van der Waals surface area contributed by atoms with Crippen LogP contribution in [-0.2, 0) is 4.79 Å². The summed E-state index contributed by atoms with van der Waals surface area (Å²) in [6.45, 7) is 8.52. The normalized spacial score (nSPS) is 19.5. The molecule has 1 N–H and O–H groups in total. The minimum Gasteiger partial charge on any atom is -0.372 e. The van der Waals surface area contributed by atoms with Crippen molar-refractivity contribution in [2.45, 2.75) is 52.9 Å². The fourth-order valence-electron chi connectivity index (χ4n) is 3.16. The first kappa shape index (κ1) is 18.5. The standard InChI is InChI=1S/C20H31N3O/c1-4-7-8-9-17-14-19(17)20(24)22-21-15-16-10-12-18(13-11-16)23(5-2)6-3/h10-13,15,17,19H,4-9,14H2,1-3H3,(H,22,24)/t17-,19+/m0/s1. The molecule has 1 fully saturated rings. The quantitative estimate of drug-likeness (QED) is 0.397. The maximum Gasteiger partial charge on any atom is 0.243 e. The molecule has 1 aliphatic rings. The Bertz CT molecular complexity index is 534. The number of unbranched alkanes of at least 4 members (excludes halogenated alkanes) is 2. The third kappa shape index (κ3) is 5.36. The highest BCUT2D eigenvalue weighted by atomic mass is 16.2. The summed E-state index contributed by atoms with van der Waals surface area (Å²) in [5, 5.41) is 4.11. The summed E-state index contributed by atoms with van der Waals surface area (Å²) in [7, 11) is 0. The van der Waals surface area contributed by atoms with Gasteiger partial charge in [0.1, 0.15) is 0 Å². The monoisotopic (exact) mass is 329 g/mol. The molecule has 1 aromatic rings. The number of hydrogen-bond acceptors (Lipinski definition) is 3. The van der Waals surface area contributed by atoms with E-state index in [2.05, 4.69) is 48.3 Å². The molecule has 0 saturated heterocycles. The molecule has 0 aromatic heterocycles. The first-order chi connectivity index (χ1) is 11.7. The van der Waals surface area contributed by atoms with E-state index in [1.165, 1.54) is 31.4 Å². The maximum atomic E-state index is 12.0. The average molecular weight is 329 g/mol. The lowest BCUT2D eigenvalue weighted by molar-refractivity contribution is -0.122. The smallest absolute Gasteiger partial charge is 0.243 e. The second kappa shape index (κ2) is 9.45. The molecular weight excluding hydrogens is 298 g/mol. The zero-order chi connectivity index (χ0) is 17.4. The molecule has 2 atom stereocenters. The van der Waals surface area contributed by atoms with Crippen molar-refractivity contribution < 1.29 is 4.79 Å². The summed E-state index contributed by atoms with van der Waals surface area (Å²) < 4.78 is 0. The van der Waals surface area contributed by atoms with Crippen molar-refractivity contribution in [3.63, 3.8) is 0 Å². The molecule has 2 rings (SSSR count). The number of nitrogens with zero attached hydrogens (tertiary/aromatic N) is 2. The summed E-state index contributed by atoms with van der Waals surface area (Å²) >= 11 is 0. The predicted octanol–water partition coefficient (Wildman–Crippen LogP) is 4.20. The van der Waals surface area contributed by atoms with E-state index in [0.717, 1.165) is 25.1 Å².